The molecule has 24 heavy (non-hydrogen) atoms. The van der Waals surface area contributed by atoms with Crippen LogP contribution in [0, 0.1) is 0 Å². The Morgan fingerprint density at radius 3 is 2.46 bits per heavy atom. The van der Waals surface area contributed by atoms with E-state index < -0.39 is 5.60 Å². The molecule has 4 nitrogen and oxygen atoms in total. The second-order valence-electron chi connectivity index (χ2n) is 6.36. The largest absolute Gasteiger partial charge is 0.360 e. The van der Waals surface area contributed by atoms with Gasteiger partial charge in [0.05, 0.1) is 6.54 Å². The third-order valence-corrected chi connectivity index (χ3v) is 4.88. The summed E-state index contributed by atoms with van der Waals surface area (Å²) < 4.78 is 6.02. The maximum absolute atomic E-state index is 13.3. The number of imide groups is 1. The van der Waals surface area contributed by atoms with Crippen LogP contribution >= 0.6 is 0 Å². The molecule has 4 rings (SSSR count). The van der Waals surface area contributed by atoms with Gasteiger partial charge in [-0.2, -0.15) is 0 Å². The molecule has 2 aromatic rings. The number of carbonyl (C=O) groups excluding carboxylic acids is 2. The van der Waals surface area contributed by atoms with Gasteiger partial charge in [0, 0.05) is 17.7 Å². The number of fused-ring (bicyclic) bond motifs is 2. The highest BCUT2D eigenvalue weighted by Crippen LogP contribution is 2.42. The Hall–Kier alpha value is -2.46. The minimum Gasteiger partial charge on any atom is -0.360 e. The molecule has 2 amide bonds. The molecule has 0 saturated carbocycles. The minimum atomic E-state index is -1.00. The number of carbonyl (C=O) groups is 2. The van der Waals surface area contributed by atoms with Crippen LogP contribution in [0.5, 0.6) is 0 Å². The summed E-state index contributed by atoms with van der Waals surface area (Å²) in [6, 6.07) is 17.0. The van der Waals surface area contributed by atoms with Crippen molar-refractivity contribution in [1.29, 1.82) is 0 Å². The van der Waals surface area contributed by atoms with E-state index in [0.29, 0.717) is 18.6 Å². The summed E-state index contributed by atoms with van der Waals surface area (Å²) in [6.45, 7) is 0.825. The molecular weight excluding hydrogens is 302 g/mol. The Morgan fingerprint density at radius 1 is 0.958 bits per heavy atom. The zero-order valence-corrected chi connectivity index (χ0v) is 13.4. The van der Waals surface area contributed by atoms with Gasteiger partial charge in [0.1, 0.15) is 0 Å². The predicted molar refractivity (Wildman–Crippen MR) is 89.2 cm³/mol. The average molecular weight is 321 g/mol. The molecule has 0 aliphatic carbocycles. The molecule has 4 heteroatoms. The van der Waals surface area contributed by atoms with Crippen LogP contribution in [-0.2, 0) is 21.7 Å². The van der Waals surface area contributed by atoms with Gasteiger partial charge in [-0.15, -0.1) is 0 Å². The normalized spacial score (nSPS) is 23.4. The third-order valence-electron chi connectivity index (χ3n) is 4.88. The molecule has 2 aliphatic heterocycles. The first-order chi connectivity index (χ1) is 11.7. The van der Waals surface area contributed by atoms with Crippen molar-refractivity contribution in [1.82, 2.24) is 4.90 Å². The van der Waals surface area contributed by atoms with Gasteiger partial charge in [0.2, 0.25) is 0 Å². The molecule has 2 heterocycles. The van der Waals surface area contributed by atoms with E-state index in [1.54, 1.807) is 6.07 Å². The van der Waals surface area contributed by atoms with E-state index in [1.165, 1.54) is 4.90 Å². The van der Waals surface area contributed by atoms with Crippen LogP contribution < -0.4 is 0 Å². The highest BCUT2D eigenvalue weighted by Gasteiger charge is 2.52. The lowest BCUT2D eigenvalue weighted by molar-refractivity contribution is -0.166. The van der Waals surface area contributed by atoms with E-state index in [2.05, 4.69) is 0 Å². The molecule has 2 aromatic carbocycles. The molecule has 0 aromatic heterocycles. The van der Waals surface area contributed by atoms with Crippen molar-refractivity contribution >= 4 is 11.8 Å². The van der Waals surface area contributed by atoms with Crippen LogP contribution in [0.15, 0.2) is 54.6 Å². The maximum Gasteiger partial charge on any atom is 0.266 e. The first-order valence-corrected chi connectivity index (χ1v) is 8.36. The van der Waals surface area contributed by atoms with E-state index in [-0.39, 0.29) is 18.4 Å². The van der Waals surface area contributed by atoms with Gasteiger partial charge >= 0.3 is 0 Å². The zero-order valence-electron chi connectivity index (χ0n) is 13.4. The molecule has 1 spiro atoms. The SMILES string of the molecule is O=C1c2ccccc2C2(CCCCO2)C(=O)N1Cc1ccccc1. The lowest BCUT2D eigenvalue weighted by Crippen LogP contribution is -2.56. The van der Waals surface area contributed by atoms with Crippen LogP contribution in [0.1, 0.15) is 40.7 Å². The van der Waals surface area contributed by atoms with Crippen LogP contribution in [-0.4, -0.2) is 23.3 Å². The van der Waals surface area contributed by atoms with Gasteiger partial charge in [-0.3, -0.25) is 14.5 Å². The topological polar surface area (TPSA) is 46.6 Å². The first kappa shape index (κ1) is 15.1. The monoisotopic (exact) mass is 321 g/mol. The van der Waals surface area contributed by atoms with Gasteiger partial charge in [-0.05, 0) is 30.9 Å². The predicted octanol–water partition coefficient (Wildman–Crippen LogP) is 3.27. The number of benzene rings is 2. The molecule has 1 saturated heterocycles. The Labute approximate surface area is 141 Å². The fourth-order valence-corrected chi connectivity index (χ4v) is 3.68. The molecular formula is C20H19NO3. The smallest absolute Gasteiger partial charge is 0.266 e. The van der Waals surface area contributed by atoms with E-state index in [1.807, 2.05) is 48.5 Å². The van der Waals surface area contributed by atoms with Crippen molar-refractivity contribution in [3.05, 3.63) is 71.3 Å². The number of ether oxygens (including phenoxy) is 1. The number of hydrogen-bond donors (Lipinski definition) is 0. The summed E-state index contributed by atoms with van der Waals surface area (Å²) >= 11 is 0. The quantitative estimate of drug-likeness (QED) is 0.798. The summed E-state index contributed by atoms with van der Waals surface area (Å²) in [5.74, 6) is -0.464. The zero-order chi connectivity index (χ0) is 16.6. The third kappa shape index (κ3) is 2.26. The highest BCUT2D eigenvalue weighted by molar-refractivity contribution is 6.12. The van der Waals surface area contributed by atoms with Crippen LogP contribution in [0.3, 0.4) is 0 Å². The standard InChI is InChI=1S/C20H19NO3/c22-18-16-10-4-5-11-17(16)20(12-6-7-13-24-20)19(23)21(18)14-15-8-2-1-3-9-15/h1-5,8-11H,6-7,12-14H2. The number of amides is 2. The Bertz CT molecular complexity index is 778. The molecule has 122 valence electrons. The van der Waals surface area contributed by atoms with Crippen molar-refractivity contribution in [2.24, 2.45) is 0 Å². The van der Waals surface area contributed by atoms with Gasteiger partial charge < -0.3 is 4.74 Å². The molecule has 0 N–H and O–H groups in total. The summed E-state index contributed by atoms with van der Waals surface area (Å²) in [6.07, 6.45) is 2.50. The molecule has 2 aliphatic rings. The van der Waals surface area contributed by atoms with Gasteiger partial charge in [0.25, 0.3) is 11.8 Å². The van der Waals surface area contributed by atoms with Gasteiger partial charge in [-0.1, -0.05) is 48.5 Å². The van der Waals surface area contributed by atoms with E-state index >= 15 is 0 Å². The molecule has 0 bridgehead atoms. The summed E-state index contributed by atoms with van der Waals surface area (Å²) in [4.78, 5) is 27.5. The second-order valence-corrected chi connectivity index (χ2v) is 6.36. The first-order valence-electron chi connectivity index (χ1n) is 8.36. The van der Waals surface area contributed by atoms with Gasteiger partial charge in [0.15, 0.2) is 5.60 Å². The average Bonchev–Trinajstić information content (AvgIpc) is 2.65. The molecule has 1 unspecified atom stereocenters. The molecule has 0 radical (unpaired) electrons. The summed E-state index contributed by atoms with van der Waals surface area (Å²) in [5, 5.41) is 0. The lowest BCUT2D eigenvalue weighted by atomic mass is 9.79. The van der Waals surface area contributed by atoms with Crippen molar-refractivity contribution in [3.8, 4) is 0 Å². The number of hydrogen-bond acceptors (Lipinski definition) is 3. The van der Waals surface area contributed by atoms with E-state index in [4.69, 9.17) is 4.74 Å². The minimum absolute atomic E-state index is 0.227. The summed E-state index contributed by atoms with van der Waals surface area (Å²) in [7, 11) is 0. The molecule has 1 atom stereocenters. The van der Waals surface area contributed by atoms with Crippen molar-refractivity contribution in [2.45, 2.75) is 31.4 Å². The fraction of sp³-hybridized carbons (Fsp3) is 0.300. The van der Waals surface area contributed by atoms with E-state index in [0.717, 1.165) is 24.0 Å². The highest BCUT2D eigenvalue weighted by atomic mass is 16.5. The van der Waals surface area contributed by atoms with Gasteiger partial charge in [-0.25, -0.2) is 0 Å². The number of rotatable bonds is 2. The van der Waals surface area contributed by atoms with E-state index in [9.17, 15) is 9.59 Å². The van der Waals surface area contributed by atoms with Crippen LogP contribution in [0.25, 0.3) is 0 Å². The number of nitrogens with zero attached hydrogens (tertiary/aromatic N) is 1. The Kier molecular flexibility index (Phi) is 3.69. The fourth-order valence-electron chi connectivity index (χ4n) is 3.68. The lowest BCUT2D eigenvalue weighted by Gasteiger charge is -2.43. The summed E-state index contributed by atoms with van der Waals surface area (Å²) in [5.41, 5.74) is 1.24. The van der Waals surface area contributed by atoms with Crippen molar-refractivity contribution in [2.75, 3.05) is 6.61 Å². The van der Waals surface area contributed by atoms with Crippen molar-refractivity contribution < 1.29 is 14.3 Å². The van der Waals surface area contributed by atoms with Crippen LogP contribution in [0.4, 0.5) is 0 Å². The Balaban J connectivity index is 1.80. The Morgan fingerprint density at radius 2 is 1.71 bits per heavy atom. The molecule has 1 fully saturated rings. The second kappa shape index (κ2) is 5.87. The maximum atomic E-state index is 13.3. The van der Waals surface area contributed by atoms with Crippen LogP contribution in [0.2, 0.25) is 0 Å². The van der Waals surface area contributed by atoms with Crippen molar-refractivity contribution in [3.63, 3.8) is 0 Å².